The van der Waals surface area contributed by atoms with Crippen LogP contribution in [0.15, 0.2) is 59.5 Å². The van der Waals surface area contributed by atoms with Gasteiger partial charge >= 0.3 is 0 Å². The summed E-state index contributed by atoms with van der Waals surface area (Å²) >= 11 is 5.87. The molecule has 0 saturated carbocycles. The van der Waals surface area contributed by atoms with Gasteiger partial charge in [0.25, 0.3) is 0 Å². The first kappa shape index (κ1) is 24.2. The number of hydrogen-bond acceptors (Lipinski definition) is 4. The van der Waals surface area contributed by atoms with Gasteiger partial charge in [-0.3, -0.25) is 9.59 Å². The van der Waals surface area contributed by atoms with E-state index in [1.807, 2.05) is 12.1 Å². The average molecular weight is 478 g/mol. The monoisotopic (exact) mass is 477 g/mol. The van der Waals surface area contributed by atoms with E-state index in [9.17, 15) is 18.0 Å². The Morgan fingerprint density at radius 2 is 1.69 bits per heavy atom. The first-order valence-corrected chi connectivity index (χ1v) is 12.5. The summed E-state index contributed by atoms with van der Waals surface area (Å²) in [5, 5.41) is 6.24. The van der Waals surface area contributed by atoms with Crippen LogP contribution in [0.3, 0.4) is 0 Å². The molecule has 172 valence electrons. The number of carbonyl (C=O) groups excluding carboxylic acids is 2. The van der Waals surface area contributed by atoms with E-state index in [2.05, 4.69) is 10.6 Å². The maximum atomic E-state index is 12.7. The molecule has 32 heavy (non-hydrogen) atoms. The van der Waals surface area contributed by atoms with Gasteiger partial charge < -0.3 is 10.6 Å². The molecular weight excluding hydrogens is 450 g/mol. The number of piperidine rings is 1. The molecule has 2 aromatic rings. The van der Waals surface area contributed by atoms with Crippen LogP contribution in [0.4, 0.5) is 0 Å². The zero-order valence-electron chi connectivity index (χ0n) is 18.0. The lowest BCUT2D eigenvalue weighted by atomic mass is 9.97. The summed E-state index contributed by atoms with van der Waals surface area (Å²) in [4.78, 5) is 25.2. The van der Waals surface area contributed by atoms with Gasteiger partial charge in [-0.15, -0.1) is 0 Å². The van der Waals surface area contributed by atoms with Crippen LogP contribution >= 0.6 is 11.6 Å². The van der Waals surface area contributed by atoms with Crippen molar-refractivity contribution in [1.29, 1.82) is 0 Å². The molecule has 1 atom stereocenters. The summed E-state index contributed by atoms with van der Waals surface area (Å²) in [7, 11) is -3.55. The van der Waals surface area contributed by atoms with Crippen molar-refractivity contribution in [3.8, 4) is 0 Å². The molecule has 2 amide bonds. The lowest BCUT2D eigenvalue weighted by Crippen LogP contribution is -2.49. The zero-order chi connectivity index (χ0) is 23.1. The topological polar surface area (TPSA) is 95.6 Å². The maximum absolute atomic E-state index is 12.7. The standard InChI is InChI=1S/C23H28ClN3O4S/c1-17(22(28)25-14-11-18-7-9-20(24)10-8-18)26-23(29)19-12-15-27(16-13-19)32(30,31)21-5-3-2-4-6-21/h2-10,17,19H,11-16H2,1H3,(H,25,28)(H,26,29)/t17-/m1/s1. The molecule has 0 spiro atoms. The van der Waals surface area contributed by atoms with E-state index in [4.69, 9.17) is 11.6 Å². The Morgan fingerprint density at radius 3 is 2.31 bits per heavy atom. The van der Waals surface area contributed by atoms with Gasteiger partial charge in [-0.25, -0.2) is 8.42 Å². The lowest BCUT2D eigenvalue weighted by Gasteiger charge is -2.31. The van der Waals surface area contributed by atoms with Gasteiger partial charge in [0.1, 0.15) is 6.04 Å². The normalized spacial score (nSPS) is 16.3. The Labute approximate surface area is 194 Å². The van der Waals surface area contributed by atoms with Crippen molar-refractivity contribution in [3.63, 3.8) is 0 Å². The van der Waals surface area contributed by atoms with Crippen molar-refractivity contribution < 1.29 is 18.0 Å². The van der Waals surface area contributed by atoms with E-state index >= 15 is 0 Å². The van der Waals surface area contributed by atoms with Crippen molar-refractivity contribution in [1.82, 2.24) is 14.9 Å². The highest BCUT2D eigenvalue weighted by Crippen LogP contribution is 2.24. The third-order valence-corrected chi connectivity index (χ3v) is 7.75. The molecule has 7 nitrogen and oxygen atoms in total. The fraction of sp³-hybridized carbons (Fsp3) is 0.391. The van der Waals surface area contributed by atoms with Crippen LogP contribution in [-0.4, -0.2) is 50.2 Å². The Hall–Kier alpha value is -2.42. The van der Waals surface area contributed by atoms with E-state index in [0.29, 0.717) is 30.8 Å². The molecule has 1 fully saturated rings. The van der Waals surface area contributed by atoms with E-state index in [-0.39, 0.29) is 35.7 Å². The SMILES string of the molecule is C[C@@H](NC(=O)C1CCN(S(=O)(=O)c2ccccc2)CC1)C(=O)NCCc1ccc(Cl)cc1. The van der Waals surface area contributed by atoms with Crippen LogP contribution in [-0.2, 0) is 26.0 Å². The van der Waals surface area contributed by atoms with Gasteiger partial charge in [-0.05, 0) is 56.0 Å². The lowest BCUT2D eigenvalue weighted by molar-refractivity contribution is -0.131. The van der Waals surface area contributed by atoms with E-state index in [1.165, 1.54) is 4.31 Å². The molecule has 9 heteroatoms. The Kier molecular flexibility index (Phi) is 8.28. The first-order valence-electron chi connectivity index (χ1n) is 10.6. The molecule has 2 aromatic carbocycles. The number of amides is 2. The van der Waals surface area contributed by atoms with Gasteiger partial charge in [0.2, 0.25) is 21.8 Å². The number of benzene rings is 2. The average Bonchev–Trinajstić information content (AvgIpc) is 2.81. The Balaban J connectivity index is 1.42. The Bertz CT molecular complexity index is 1020. The number of hydrogen-bond donors (Lipinski definition) is 2. The zero-order valence-corrected chi connectivity index (χ0v) is 19.5. The fourth-order valence-corrected chi connectivity index (χ4v) is 5.25. The van der Waals surface area contributed by atoms with E-state index < -0.39 is 16.1 Å². The molecule has 2 N–H and O–H groups in total. The highest BCUT2D eigenvalue weighted by atomic mass is 35.5. The predicted molar refractivity (Wildman–Crippen MR) is 124 cm³/mol. The van der Waals surface area contributed by atoms with Gasteiger partial charge in [0.05, 0.1) is 4.90 Å². The molecule has 3 rings (SSSR count). The molecule has 1 aliphatic rings. The van der Waals surface area contributed by atoms with Crippen molar-refractivity contribution in [2.75, 3.05) is 19.6 Å². The highest BCUT2D eigenvalue weighted by molar-refractivity contribution is 7.89. The van der Waals surface area contributed by atoms with Crippen LogP contribution in [0, 0.1) is 5.92 Å². The smallest absolute Gasteiger partial charge is 0.243 e. The molecule has 1 aliphatic heterocycles. The summed E-state index contributed by atoms with van der Waals surface area (Å²) < 4.78 is 26.8. The van der Waals surface area contributed by atoms with Crippen molar-refractivity contribution in [2.24, 2.45) is 5.92 Å². The molecule has 0 unspecified atom stereocenters. The summed E-state index contributed by atoms with van der Waals surface area (Å²) in [6, 6.07) is 15.0. The molecule has 0 radical (unpaired) electrons. The van der Waals surface area contributed by atoms with Crippen molar-refractivity contribution in [2.45, 2.75) is 37.1 Å². The Morgan fingerprint density at radius 1 is 1.06 bits per heavy atom. The number of sulfonamides is 1. The second-order valence-corrected chi connectivity index (χ2v) is 10.3. The minimum Gasteiger partial charge on any atom is -0.354 e. The largest absolute Gasteiger partial charge is 0.354 e. The molecule has 1 saturated heterocycles. The molecule has 1 heterocycles. The second-order valence-electron chi connectivity index (χ2n) is 7.89. The third-order valence-electron chi connectivity index (χ3n) is 5.58. The van der Waals surface area contributed by atoms with E-state index in [0.717, 1.165) is 5.56 Å². The van der Waals surface area contributed by atoms with Gasteiger partial charge in [0.15, 0.2) is 0 Å². The highest BCUT2D eigenvalue weighted by Gasteiger charge is 2.32. The summed E-state index contributed by atoms with van der Waals surface area (Å²) in [6.45, 7) is 2.65. The summed E-state index contributed by atoms with van der Waals surface area (Å²) in [5.74, 6) is -0.792. The predicted octanol–water partition coefficient (Wildman–Crippen LogP) is 2.60. The van der Waals surface area contributed by atoms with Crippen LogP contribution in [0.2, 0.25) is 5.02 Å². The van der Waals surface area contributed by atoms with Crippen molar-refractivity contribution in [3.05, 3.63) is 65.2 Å². The van der Waals surface area contributed by atoms with Crippen molar-refractivity contribution >= 4 is 33.4 Å². The number of carbonyl (C=O) groups is 2. The number of halogens is 1. The third kappa shape index (κ3) is 6.31. The number of nitrogens with zero attached hydrogens (tertiary/aromatic N) is 1. The summed E-state index contributed by atoms with van der Waals surface area (Å²) in [6.07, 6.45) is 1.50. The van der Waals surface area contributed by atoms with Crippen LogP contribution in [0.5, 0.6) is 0 Å². The molecular formula is C23H28ClN3O4S. The van der Waals surface area contributed by atoms with Crippen LogP contribution < -0.4 is 10.6 Å². The van der Waals surface area contributed by atoms with Gasteiger partial charge in [0, 0.05) is 30.6 Å². The van der Waals surface area contributed by atoms with Gasteiger partial charge in [-0.1, -0.05) is 41.9 Å². The first-order chi connectivity index (χ1) is 15.3. The molecule has 0 bridgehead atoms. The molecule has 0 aromatic heterocycles. The minimum atomic E-state index is -3.55. The quantitative estimate of drug-likeness (QED) is 0.611. The fourth-order valence-electron chi connectivity index (χ4n) is 3.63. The van der Waals surface area contributed by atoms with Crippen LogP contribution in [0.1, 0.15) is 25.3 Å². The summed E-state index contributed by atoms with van der Waals surface area (Å²) in [5.41, 5.74) is 1.06. The molecule has 0 aliphatic carbocycles. The van der Waals surface area contributed by atoms with E-state index in [1.54, 1.807) is 49.4 Å². The van der Waals surface area contributed by atoms with Crippen LogP contribution in [0.25, 0.3) is 0 Å². The number of rotatable bonds is 8. The number of nitrogens with one attached hydrogen (secondary N) is 2. The second kappa shape index (κ2) is 10.9. The minimum absolute atomic E-state index is 0.220. The maximum Gasteiger partial charge on any atom is 0.243 e. The van der Waals surface area contributed by atoms with Gasteiger partial charge in [-0.2, -0.15) is 4.31 Å².